The van der Waals surface area contributed by atoms with Crippen molar-refractivity contribution in [1.82, 2.24) is 0 Å². The zero-order valence-corrected chi connectivity index (χ0v) is 13.3. The number of hydrogen-bond donors (Lipinski definition) is 2. The van der Waals surface area contributed by atoms with Gasteiger partial charge in [-0.2, -0.15) is 0 Å². The molecule has 4 nitrogen and oxygen atoms in total. The second-order valence-corrected chi connectivity index (χ2v) is 5.91. The molecule has 1 amide bonds. The van der Waals surface area contributed by atoms with Gasteiger partial charge in [-0.1, -0.05) is 36.4 Å². The molecule has 1 aliphatic rings. The van der Waals surface area contributed by atoms with E-state index in [0.717, 1.165) is 12.1 Å². The number of nitrogen functional groups attached to an aromatic ring is 1. The quantitative estimate of drug-likeness (QED) is 0.537. The predicted octanol–water partition coefficient (Wildman–Crippen LogP) is 4.01. The average molecular weight is 350 g/mol. The molecule has 3 aromatic carbocycles. The van der Waals surface area contributed by atoms with Crippen LogP contribution in [0.4, 0.5) is 20.2 Å². The van der Waals surface area contributed by atoms with Crippen molar-refractivity contribution in [3.05, 3.63) is 82.9 Å². The summed E-state index contributed by atoms with van der Waals surface area (Å²) in [6.07, 6.45) is 0. The predicted molar refractivity (Wildman–Crippen MR) is 94.0 cm³/mol. The number of benzene rings is 3. The lowest BCUT2D eigenvalue weighted by atomic mass is 9.99. The minimum absolute atomic E-state index is 0.0379. The van der Waals surface area contributed by atoms with Crippen molar-refractivity contribution in [3.63, 3.8) is 0 Å². The van der Waals surface area contributed by atoms with E-state index < -0.39 is 17.5 Å². The third kappa shape index (κ3) is 2.35. The molecule has 1 aliphatic carbocycles. The Hall–Kier alpha value is -3.54. The Kier molecular flexibility index (Phi) is 3.54. The van der Waals surface area contributed by atoms with Crippen molar-refractivity contribution in [3.8, 4) is 11.1 Å². The van der Waals surface area contributed by atoms with Crippen LogP contribution in [0.1, 0.15) is 26.3 Å². The number of fused-ring (bicyclic) bond motifs is 3. The summed E-state index contributed by atoms with van der Waals surface area (Å²) in [5.74, 6) is -2.93. The zero-order chi connectivity index (χ0) is 18.4. The zero-order valence-electron chi connectivity index (χ0n) is 13.3. The van der Waals surface area contributed by atoms with Crippen LogP contribution in [-0.4, -0.2) is 11.7 Å². The number of nitrogens with two attached hydrogens (primary N) is 1. The number of halogens is 2. The Morgan fingerprint density at radius 2 is 1.54 bits per heavy atom. The number of anilines is 2. The third-order valence-corrected chi connectivity index (χ3v) is 4.34. The third-order valence-electron chi connectivity index (χ3n) is 4.34. The molecule has 0 aliphatic heterocycles. The monoisotopic (exact) mass is 350 g/mol. The van der Waals surface area contributed by atoms with Crippen LogP contribution in [0.25, 0.3) is 11.1 Å². The molecule has 0 aromatic heterocycles. The highest BCUT2D eigenvalue weighted by Crippen LogP contribution is 2.39. The smallest absolute Gasteiger partial charge is 0.256 e. The van der Waals surface area contributed by atoms with E-state index in [1.165, 1.54) is 0 Å². The largest absolute Gasteiger partial charge is 0.397 e. The summed E-state index contributed by atoms with van der Waals surface area (Å²) in [6, 6.07) is 13.5. The van der Waals surface area contributed by atoms with Crippen LogP contribution in [0.15, 0.2) is 54.6 Å². The molecule has 4 rings (SSSR count). The first-order valence-electron chi connectivity index (χ1n) is 7.80. The Morgan fingerprint density at radius 3 is 2.31 bits per heavy atom. The van der Waals surface area contributed by atoms with Crippen LogP contribution in [0.2, 0.25) is 0 Å². The maximum atomic E-state index is 13.5. The van der Waals surface area contributed by atoms with Crippen LogP contribution in [0.5, 0.6) is 0 Å². The molecule has 3 N–H and O–H groups in total. The lowest BCUT2D eigenvalue weighted by molar-refractivity contribution is 0.102. The molecule has 0 saturated carbocycles. The number of carbonyl (C=O) groups is 2. The fraction of sp³-hybridized carbons (Fsp3) is 0. The van der Waals surface area contributed by atoms with Gasteiger partial charge in [0.25, 0.3) is 5.91 Å². The second kappa shape index (κ2) is 5.77. The van der Waals surface area contributed by atoms with Crippen LogP contribution in [-0.2, 0) is 0 Å². The molecular weight excluding hydrogens is 338 g/mol. The highest BCUT2D eigenvalue weighted by Gasteiger charge is 2.30. The molecule has 0 unspecified atom stereocenters. The van der Waals surface area contributed by atoms with Gasteiger partial charge in [-0.25, -0.2) is 8.78 Å². The number of carbonyl (C=O) groups excluding carboxylic acids is 2. The van der Waals surface area contributed by atoms with E-state index >= 15 is 0 Å². The van der Waals surface area contributed by atoms with Crippen molar-refractivity contribution in [1.29, 1.82) is 0 Å². The standard InChI is InChI=1S/C20H12F2N2O2/c21-14-8-16(23)17(9-15(14)22)24-20(26)13-7-3-6-12-18(13)10-4-1-2-5-11(10)19(12)25/h1-9H,23H2,(H,24,26). The van der Waals surface area contributed by atoms with Gasteiger partial charge in [0, 0.05) is 34.4 Å². The molecule has 6 heteroatoms. The van der Waals surface area contributed by atoms with E-state index in [1.807, 2.05) is 0 Å². The van der Waals surface area contributed by atoms with Gasteiger partial charge < -0.3 is 11.1 Å². The maximum Gasteiger partial charge on any atom is 0.256 e. The van der Waals surface area contributed by atoms with E-state index in [2.05, 4.69) is 5.32 Å². The summed E-state index contributed by atoms with van der Waals surface area (Å²) in [4.78, 5) is 25.3. The number of hydrogen-bond acceptors (Lipinski definition) is 3. The molecule has 0 atom stereocenters. The van der Waals surface area contributed by atoms with Gasteiger partial charge in [-0.3, -0.25) is 9.59 Å². The maximum absolute atomic E-state index is 13.5. The highest BCUT2D eigenvalue weighted by molar-refractivity contribution is 6.25. The molecule has 0 bridgehead atoms. The normalized spacial score (nSPS) is 11.8. The SMILES string of the molecule is Nc1cc(F)c(F)cc1NC(=O)c1cccc2c1-c1ccccc1C2=O. The summed E-state index contributed by atoms with van der Waals surface area (Å²) in [5.41, 5.74) is 7.91. The van der Waals surface area contributed by atoms with Crippen molar-refractivity contribution in [2.75, 3.05) is 11.1 Å². The minimum Gasteiger partial charge on any atom is -0.397 e. The number of ketones is 1. The molecule has 0 spiro atoms. The Balaban J connectivity index is 1.79. The summed E-state index contributed by atoms with van der Waals surface area (Å²) >= 11 is 0. The second-order valence-electron chi connectivity index (χ2n) is 5.91. The van der Waals surface area contributed by atoms with Gasteiger partial charge in [0.2, 0.25) is 0 Å². The van der Waals surface area contributed by atoms with Crippen LogP contribution in [0.3, 0.4) is 0 Å². The molecule has 26 heavy (non-hydrogen) atoms. The lowest BCUT2D eigenvalue weighted by Gasteiger charge is -2.12. The Bertz CT molecular complexity index is 1090. The molecular formula is C20H12F2N2O2. The lowest BCUT2D eigenvalue weighted by Crippen LogP contribution is -2.15. The van der Waals surface area contributed by atoms with Crippen molar-refractivity contribution in [2.24, 2.45) is 0 Å². The number of nitrogens with one attached hydrogen (secondary N) is 1. The van der Waals surface area contributed by atoms with Crippen molar-refractivity contribution < 1.29 is 18.4 Å². The first-order chi connectivity index (χ1) is 12.5. The molecule has 3 aromatic rings. The summed E-state index contributed by atoms with van der Waals surface area (Å²) in [5, 5.41) is 2.49. The van der Waals surface area contributed by atoms with E-state index in [-0.39, 0.29) is 22.7 Å². The fourth-order valence-corrected chi connectivity index (χ4v) is 3.13. The first-order valence-corrected chi connectivity index (χ1v) is 7.80. The van der Waals surface area contributed by atoms with Gasteiger partial charge in [0.05, 0.1) is 11.4 Å². The van der Waals surface area contributed by atoms with Crippen LogP contribution < -0.4 is 11.1 Å². The van der Waals surface area contributed by atoms with Crippen molar-refractivity contribution in [2.45, 2.75) is 0 Å². The summed E-state index contributed by atoms with van der Waals surface area (Å²) in [7, 11) is 0. The van der Waals surface area contributed by atoms with Crippen LogP contribution in [0, 0.1) is 11.6 Å². The van der Waals surface area contributed by atoms with E-state index in [0.29, 0.717) is 22.3 Å². The van der Waals surface area contributed by atoms with Gasteiger partial charge in [-0.05, 0) is 11.6 Å². The van der Waals surface area contributed by atoms with E-state index in [1.54, 1.807) is 42.5 Å². The van der Waals surface area contributed by atoms with Crippen LogP contribution >= 0.6 is 0 Å². The number of amides is 1. The van der Waals surface area contributed by atoms with Gasteiger partial charge >= 0.3 is 0 Å². The molecule has 0 saturated heterocycles. The Morgan fingerprint density at radius 1 is 0.885 bits per heavy atom. The first kappa shape index (κ1) is 16.0. The fourth-order valence-electron chi connectivity index (χ4n) is 3.13. The van der Waals surface area contributed by atoms with Gasteiger partial charge in [0.1, 0.15) is 0 Å². The summed E-state index contributed by atoms with van der Waals surface area (Å²) in [6.45, 7) is 0. The van der Waals surface area contributed by atoms with E-state index in [9.17, 15) is 18.4 Å². The number of rotatable bonds is 2. The average Bonchev–Trinajstić information content (AvgIpc) is 2.93. The molecule has 0 fully saturated rings. The van der Waals surface area contributed by atoms with Gasteiger partial charge in [0.15, 0.2) is 17.4 Å². The molecule has 0 heterocycles. The highest BCUT2D eigenvalue weighted by atomic mass is 19.2. The molecule has 128 valence electrons. The summed E-state index contributed by atoms with van der Waals surface area (Å²) < 4.78 is 26.7. The molecule has 0 radical (unpaired) electrons. The Labute approximate surface area is 147 Å². The minimum atomic E-state index is -1.12. The topological polar surface area (TPSA) is 72.2 Å². The van der Waals surface area contributed by atoms with E-state index in [4.69, 9.17) is 5.73 Å². The van der Waals surface area contributed by atoms with Crippen molar-refractivity contribution >= 4 is 23.1 Å². The van der Waals surface area contributed by atoms with Gasteiger partial charge in [-0.15, -0.1) is 0 Å².